The third kappa shape index (κ3) is 3.03. The van der Waals surface area contributed by atoms with Gasteiger partial charge in [-0.3, -0.25) is 4.79 Å². The van der Waals surface area contributed by atoms with Gasteiger partial charge in [0.1, 0.15) is 5.82 Å². The predicted octanol–water partition coefficient (Wildman–Crippen LogP) is 5.51. The summed E-state index contributed by atoms with van der Waals surface area (Å²) in [5.74, 6) is -0.448. The van der Waals surface area contributed by atoms with E-state index in [1.807, 2.05) is 6.07 Å². The number of rotatable bonds is 3. The van der Waals surface area contributed by atoms with Gasteiger partial charge in [-0.1, -0.05) is 13.3 Å². The number of azo groups is 1. The number of H-pyrrole nitrogens is 1. The van der Waals surface area contributed by atoms with E-state index >= 15 is 0 Å². The van der Waals surface area contributed by atoms with Crippen molar-refractivity contribution in [1.29, 1.82) is 0 Å². The summed E-state index contributed by atoms with van der Waals surface area (Å²) >= 11 is 1.47. The molecule has 1 amide bonds. The highest BCUT2D eigenvalue weighted by atomic mass is 32.1. The molecule has 4 rings (SSSR count). The summed E-state index contributed by atoms with van der Waals surface area (Å²) < 4.78 is 13.4. The van der Waals surface area contributed by atoms with Gasteiger partial charge in [0.2, 0.25) is 5.88 Å². The van der Waals surface area contributed by atoms with Crippen molar-refractivity contribution in [2.45, 2.75) is 32.6 Å². The molecule has 0 spiro atoms. The zero-order valence-electron chi connectivity index (χ0n) is 14.3. The van der Waals surface area contributed by atoms with Gasteiger partial charge < -0.3 is 10.1 Å². The largest absolute Gasteiger partial charge is 0.493 e. The molecule has 5 nitrogen and oxygen atoms in total. The van der Waals surface area contributed by atoms with Gasteiger partial charge in [-0.25, -0.2) is 4.39 Å². The molecule has 0 fully saturated rings. The molecular weight excluding hydrogens is 353 g/mol. The van der Waals surface area contributed by atoms with E-state index in [9.17, 15) is 14.3 Å². The van der Waals surface area contributed by atoms with Crippen molar-refractivity contribution in [3.05, 3.63) is 45.4 Å². The number of nitrogens with zero attached hydrogens (tertiary/aromatic N) is 2. The Morgan fingerprint density at radius 3 is 3.08 bits per heavy atom. The van der Waals surface area contributed by atoms with Gasteiger partial charge in [-0.2, -0.15) is 0 Å². The Morgan fingerprint density at radius 2 is 2.27 bits per heavy atom. The van der Waals surface area contributed by atoms with Crippen LogP contribution < -0.4 is 0 Å². The molecule has 2 aromatic heterocycles. The molecular formula is C19H18FN3O2S. The van der Waals surface area contributed by atoms with E-state index in [0.717, 1.165) is 25.7 Å². The molecule has 0 saturated carbocycles. The first-order chi connectivity index (χ1) is 12.5. The zero-order chi connectivity index (χ0) is 18.3. The van der Waals surface area contributed by atoms with E-state index in [1.165, 1.54) is 40.0 Å². The minimum Gasteiger partial charge on any atom is -0.493 e. The highest BCUT2D eigenvalue weighted by molar-refractivity contribution is 7.14. The van der Waals surface area contributed by atoms with Crippen LogP contribution in [0.4, 0.5) is 10.1 Å². The van der Waals surface area contributed by atoms with Crippen molar-refractivity contribution in [3.8, 4) is 5.88 Å². The molecule has 134 valence electrons. The molecule has 2 heterocycles. The standard InChI is InChI=1S/C19H18FN3O2S/c1-2-10-3-6-15-11(7-10)8-16(26-15)18(24)23-22-17-13-9-12(20)4-5-14(13)21-19(17)25/h4-5,8-10,21,25H,2-3,6-7H2,1H3. The number of aromatic hydroxyl groups is 1. The molecule has 1 aliphatic carbocycles. The topological polar surface area (TPSA) is 77.8 Å². The maximum atomic E-state index is 13.4. The van der Waals surface area contributed by atoms with Crippen molar-refractivity contribution in [2.24, 2.45) is 16.1 Å². The van der Waals surface area contributed by atoms with Crippen molar-refractivity contribution in [3.63, 3.8) is 0 Å². The number of hydrogen-bond acceptors (Lipinski definition) is 4. The molecule has 0 aliphatic heterocycles. The molecule has 0 saturated heterocycles. The number of aryl methyl sites for hydroxylation is 1. The molecule has 3 aromatic rings. The Kier molecular flexibility index (Phi) is 4.32. The third-order valence-corrected chi connectivity index (χ3v) is 6.15. The minimum absolute atomic E-state index is 0.0696. The summed E-state index contributed by atoms with van der Waals surface area (Å²) in [6.45, 7) is 2.19. The van der Waals surface area contributed by atoms with E-state index < -0.39 is 11.7 Å². The van der Waals surface area contributed by atoms with Crippen LogP contribution in [-0.2, 0) is 12.8 Å². The van der Waals surface area contributed by atoms with Crippen LogP contribution in [0, 0.1) is 11.7 Å². The Bertz CT molecular complexity index is 1020. The number of fused-ring (bicyclic) bond motifs is 2. The summed E-state index contributed by atoms with van der Waals surface area (Å²) in [4.78, 5) is 16.9. The van der Waals surface area contributed by atoms with Crippen LogP contribution in [0.3, 0.4) is 0 Å². The van der Waals surface area contributed by atoms with Crippen LogP contribution in [0.25, 0.3) is 10.9 Å². The molecule has 0 radical (unpaired) electrons. The summed E-state index contributed by atoms with van der Waals surface area (Å²) in [7, 11) is 0. The van der Waals surface area contributed by atoms with E-state index in [-0.39, 0.29) is 11.6 Å². The maximum Gasteiger partial charge on any atom is 0.305 e. The van der Waals surface area contributed by atoms with Crippen molar-refractivity contribution in [1.82, 2.24) is 4.98 Å². The van der Waals surface area contributed by atoms with Gasteiger partial charge in [0.05, 0.1) is 10.4 Å². The summed E-state index contributed by atoms with van der Waals surface area (Å²) in [6, 6.07) is 5.95. The zero-order valence-corrected chi connectivity index (χ0v) is 15.1. The van der Waals surface area contributed by atoms with Crippen molar-refractivity contribution < 1.29 is 14.3 Å². The minimum atomic E-state index is -0.448. The molecule has 2 N–H and O–H groups in total. The van der Waals surface area contributed by atoms with E-state index in [2.05, 4.69) is 22.1 Å². The van der Waals surface area contributed by atoms with E-state index in [0.29, 0.717) is 21.7 Å². The predicted molar refractivity (Wildman–Crippen MR) is 98.9 cm³/mol. The number of carbonyl (C=O) groups is 1. The number of thiophene rings is 1. The summed E-state index contributed by atoms with van der Waals surface area (Å²) in [6.07, 6.45) is 4.32. The second-order valence-corrected chi connectivity index (χ2v) is 7.73. The lowest BCUT2D eigenvalue weighted by molar-refractivity contribution is 0.0999. The monoisotopic (exact) mass is 371 g/mol. The first-order valence-electron chi connectivity index (χ1n) is 8.63. The van der Waals surface area contributed by atoms with Crippen molar-refractivity contribution in [2.75, 3.05) is 0 Å². The van der Waals surface area contributed by atoms with Crippen LogP contribution in [-0.4, -0.2) is 16.0 Å². The highest BCUT2D eigenvalue weighted by Gasteiger charge is 2.22. The lowest BCUT2D eigenvalue weighted by Crippen LogP contribution is -2.10. The average Bonchev–Trinajstić information content (AvgIpc) is 3.19. The molecule has 1 aliphatic rings. The number of hydrogen-bond donors (Lipinski definition) is 2. The fraction of sp³-hybridized carbons (Fsp3) is 0.316. The smallest absolute Gasteiger partial charge is 0.305 e. The van der Waals surface area contributed by atoms with E-state index in [4.69, 9.17) is 0 Å². The van der Waals surface area contributed by atoms with Crippen LogP contribution in [0.1, 0.15) is 39.9 Å². The van der Waals surface area contributed by atoms with Crippen LogP contribution in [0.15, 0.2) is 34.5 Å². The van der Waals surface area contributed by atoms with Gasteiger partial charge in [0.25, 0.3) is 0 Å². The second kappa shape index (κ2) is 6.64. The van der Waals surface area contributed by atoms with Crippen LogP contribution >= 0.6 is 11.3 Å². The first-order valence-corrected chi connectivity index (χ1v) is 9.44. The van der Waals surface area contributed by atoms with Crippen LogP contribution in [0.2, 0.25) is 0 Å². The maximum absolute atomic E-state index is 13.4. The number of carbonyl (C=O) groups excluding carboxylic acids is 1. The van der Waals surface area contributed by atoms with Gasteiger partial charge in [0.15, 0.2) is 5.69 Å². The fourth-order valence-corrected chi connectivity index (χ4v) is 4.52. The Balaban J connectivity index is 1.60. The summed E-state index contributed by atoms with van der Waals surface area (Å²) in [5, 5.41) is 18.0. The lowest BCUT2D eigenvalue weighted by Gasteiger charge is -2.19. The van der Waals surface area contributed by atoms with Gasteiger partial charge >= 0.3 is 5.91 Å². The number of aromatic nitrogens is 1. The number of benzene rings is 1. The molecule has 26 heavy (non-hydrogen) atoms. The molecule has 7 heteroatoms. The Labute approximate surface area is 153 Å². The van der Waals surface area contributed by atoms with Crippen LogP contribution in [0.5, 0.6) is 5.88 Å². The lowest BCUT2D eigenvalue weighted by atomic mass is 9.87. The van der Waals surface area contributed by atoms with Gasteiger partial charge in [0, 0.05) is 10.3 Å². The second-order valence-electron chi connectivity index (χ2n) is 6.59. The Hall–Kier alpha value is -2.54. The number of nitrogens with one attached hydrogen (secondary N) is 1. The molecule has 1 atom stereocenters. The van der Waals surface area contributed by atoms with E-state index in [1.54, 1.807) is 0 Å². The molecule has 1 unspecified atom stereocenters. The van der Waals surface area contributed by atoms with Gasteiger partial charge in [-0.05, 0) is 55.0 Å². The fourth-order valence-electron chi connectivity index (χ4n) is 3.43. The van der Waals surface area contributed by atoms with Crippen molar-refractivity contribution >= 4 is 33.8 Å². The number of halogens is 1. The molecule has 0 bridgehead atoms. The number of amides is 1. The average molecular weight is 371 g/mol. The SMILES string of the molecule is CCC1CCc2sc(C(=O)N=Nc3c(O)[nH]c4ccc(F)cc34)cc2C1. The third-order valence-electron chi connectivity index (χ3n) is 4.93. The number of aromatic amines is 1. The quantitative estimate of drug-likeness (QED) is 0.595. The molecule has 1 aromatic carbocycles. The first kappa shape index (κ1) is 16.9. The van der Waals surface area contributed by atoms with Gasteiger partial charge in [-0.15, -0.1) is 21.6 Å². The Morgan fingerprint density at radius 1 is 1.42 bits per heavy atom. The normalized spacial score (nSPS) is 17.1. The summed E-state index contributed by atoms with van der Waals surface area (Å²) in [5.41, 5.74) is 1.84. The highest BCUT2D eigenvalue weighted by Crippen LogP contribution is 2.37.